The number of nitrogens with one attached hydrogen (secondary N) is 1. The van der Waals surface area contributed by atoms with E-state index in [1.807, 2.05) is 31.3 Å². The van der Waals surface area contributed by atoms with Crippen LogP contribution in [0.15, 0.2) is 18.3 Å². The highest BCUT2D eigenvalue weighted by Gasteiger charge is 2.02. The Kier molecular flexibility index (Phi) is 2.13. The smallest absolute Gasteiger partial charge is 0.128 e. The molecule has 2 aromatic heterocycles. The van der Waals surface area contributed by atoms with Crippen LogP contribution in [-0.2, 0) is 6.54 Å². The number of pyridine rings is 1. The highest BCUT2D eigenvalue weighted by Crippen LogP contribution is 2.18. The number of aromatic nitrogens is 2. The highest BCUT2D eigenvalue weighted by molar-refractivity contribution is 5.82. The number of rotatable bonds is 2. The fourth-order valence-corrected chi connectivity index (χ4v) is 1.43. The second kappa shape index (κ2) is 3.31. The summed E-state index contributed by atoms with van der Waals surface area (Å²) >= 11 is 0. The molecule has 2 aromatic rings. The molecule has 0 fully saturated rings. The van der Waals surface area contributed by atoms with E-state index in [-0.39, 0.29) is 0 Å². The lowest BCUT2D eigenvalue weighted by molar-refractivity contribution is 1.02. The van der Waals surface area contributed by atoms with E-state index >= 15 is 0 Å². The van der Waals surface area contributed by atoms with Gasteiger partial charge in [0.15, 0.2) is 0 Å². The average Bonchev–Trinajstić information content (AvgIpc) is 2.58. The lowest BCUT2D eigenvalue weighted by Gasteiger charge is -2.09. The molecule has 0 aliphatic heterocycles. The van der Waals surface area contributed by atoms with Crippen LogP contribution in [0, 0.1) is 0 Å². The van der Waals surface area contributed by atoms with E-state index < -0.39 is 0 Å². The number of nitrogens with zero attached hydrogens (tertiary/aromatic N) is 2. The maximum absolute atomic E-state index is 5.55. The van der Waals surface area contributed by atoms with Gasteiger partial charge in [0.25, 0.3) is 0 Å². The molecule has 0 spiro atoms. The van der Waals surface area contributed by atoms with Gasteiger partial charge in [-0.2, -0.15) is 0 Å². The molecule has 0 radical (unpaired) electrons. The number of anilines is 1. The summed E-state index contributed by atoms with van der Waals surface area (Å²) in [7, 11) is 3.95. The average molecular weight is 190 g/mol. The van der Waals surface area contributed by atoms with Crippen molar-refractivity contribution in [2.45, 2.75) is 6.54 Å². The summed E-state index contributed by atoms with van der Waals surface area (Å²) in [6, 6.07) is 4.11. The van der Waals surface area contributed by atoms with E-state index in [9.17, 15) is 0 Å². The lowest BCUT2D eigenvalue weighted by atomic mass is 10.3. The molecule has 0 amide bonds. The fourth-order valence-electron chi connectivity index (χ4n) is 1.43. The Hall–Kier alpha value is -1.55. The van der Waals surface area contributed by atoms with Gasteiger partial charge in [-0.3, -0.25) is 0 Å². The highest BCUT2D eigenvalue weighted by atomic mass is 15.1. The Morgan fingerprint density at radius 3 is 2.86 bits per heavy atom. The maximum Gasteiger partial charge on any atom is 0.128 e. The number of H-pyrrole nitrogens is 1. The van der Waals surface area contributed by atoms with Crippen LogP contribution in [-0.4, -0.2) is 24.1 Å². The zero-order chi connectivity index (χ0) is 10.1. The van der Waals surface area contributed by atoms with E-state index in [4.69, 9.17) is 5.73 Å². The molecule has 4 heteroatoms. The topological polar surface area (TPSA) is 57.9 Å². The third kappa shape index (κ3) is 1.44. The van der Waals surface area contributed by atoms with Crippen LogP contribution < -0.4 is 10.6 Å². The molecule has 2 heterocycles. The minimum absolute atomic E-state index is 0.534. The molecular weight excluding hydrogens is 176 g/mol. The predicted molar refractivity (Wildman–Crippen MR) is 58.3 cm³/mol. The van der Waals surface area contributed by atoms with E-state index in [0.717, 1.165) is 22.4 Å². The van der Waals surface area contributed by atoms with Gasteiger partial charge in [0.2, 0.25) is 0 Å². The quantitative estimate of drug-likeness (QED) is 0.745. The largest absolute Gasteiger partial charge is 0.363 e. The summed E-state index contributed by atoms with van der Waals surface area (Å²) in [6.07, 6.45) is 1.84. The number of nitrogens with two attached hydrogens (primary N) is 1. The molecule has 0 saturated heterocycles. The van der Waals surface area contributed by atoms with E-state index in [1.54, 1.807) is 0 Å². The molecule has 4 nitrogen and oxygen atoms in total. The van der Waals surface area contributed by atoms with Gasteiger partial charge in [0, 0.05) is 31.7 Å². The SMILES string of the molecule is CN(C)c1cc2cc(CN)[nH]c2cn1. The second-order valence-corrected chi connectivity index (χ2v) is 3.52. The number of hydrogen-bond donors (Lipinski definition) is 2. The van der Waals surface area contributed by atoms with Crippen molar-refractivity contribution in [2.24, 2.45) is 5.73 Å². The number of hydrogen-bond acceptors (Lipinski definition) is 3. The molecule has 0 aromatic carbocycles. The summed E-state index contributed by atoms with van der Waals surface area (Å²) in [6.45, 7) is 0.534. The molecular formula is C10H14N4. The molecule has 0 bridgehead atoms. The maximum atomic E-state index is 5.55. The first-order valence-corrected chi connectivity index (χ1v) is 4.56. The van der Waals surface area contributed by atoms with Gasteiger partial charge in [0.05, 0.1) is 11.7 Å². The Morgan fingerprint density at radius 1 is 1.43 bits per heavy atom. The summed E-state index contributed by atoms with van der Waals surface area (Å²) in [4.78, 5) is 9.49. The van der Waals surface area contributed by atoms with E-state index in [1.165, 1.54) is 0 Å². The van der Waals surface area contributed by atoms with Crippen molar-refractivity contribution >= 4 is 16.7 Å². The summed E-state index contributed by atoms with van der Waals surface area (Å²) in [5.41, 5.74) is 7.63. The molecule has 2 rings (SSSR count). The van der Waals surface area contributed by atoms with Gasteiger partial charge in [-0.05, 0) is 12.1 Å². The van der Waals surface area contributed by atoms with Crippen LogP contribution in [0.1, 0.15) is 5.69 Å². The fraction of sp³-hybridized carbons (Fsp3) is 0.300. The summed E-state index contributed by atoms with van der Waals surface area (Å²) in [5, 5.41) is 1.16. The van der Waals surface area contributed by atoms with Crippen molar-refractivity contribution < 1.29 is 0 Å². The molecule has 0 unspecified atom stereocenters. The monoisotopic (exact) mass is 190 g/mol. The van der Waals surface area contributed by atoms with E-state index in [2.05, 4.69) is 16.0 Å². The van der Waals surface area contributed by atoms with Gasteiger partial charge in [-0.15, -0.1) is 0 Å². The third-order valence-corrected chi connectivity index (χ3v) is 2.22. The van der Waals surface area contributed by atoms with Crippen molar-refractivity contribution in [3.8, 4) is 0 Å². The molecule has 74 valence electrons. The van der Waals surface area contributed by atoms with Crippen molar-refractivity contribution in [2.75, 3.05) is 19.0 Å². The van der Waals surface area contributed by atoms with Gasteiger partial charge in [-0.25, -0.2) is 4.98 Å². The van der Waals surface area contributed by atoms with Crippen LogP contribution >= 0.6 is 0 Å². The van der Waals surface area contributed by atoms with Gasteiger partial charge >= 0.3 is 0 Å². The van der Waals surface area contributed by atoms with E-state index in [0.29, 0.717) is 6.54 Å². The Morgan fingerprint density at radius 2 is 2.21 bits per heavy atom. The van der Waals surface area contributed by atoms with Gasteiger partial charge < -0.3 is 15.6 Å². The summed E-state index contributed by atoms with van der Waals surface area (Å²) < 4.78 is 0. The Bertz CT molecular complexity index is 444. The summed E-state index contributed by atoms with van der Waals surface area (Å²) in [5.74, 6) is 0.958. The normalized spacial score (nSPS) is 10.8. The molecule has 0 aliphatic carbocycles. The minimum atomic E-state index is 0.534. The molecule has 0 atom stereocenters. The van der Waals surface area contributed by atoms with Crippen LogP contribution in [0.25, 0.3) is 10.9 Å². The molecule has 14 heavy (non-hydrogen) atoms. The first-order valence-electron chi connectivity index (χ1n) is 4.56. The third-order valence-electron chi connectivity index (χ3n) is 2.22. The second-order valence-electron chi connectivity index (χ2n) is 3.52. The van der Waals surface area contributed by atoms with Crippen LogP contribution in [0.3, 0.4) is 0 Å². The molecule has 0 aliphatic rings. The minimum Gasteiger partial charge on any atom is -0.363 e. The molecule has 0 saturated carbocycles. The zero-order valence-corrected chi connectivity index (χ0v) is 8.41. The lowest BCUT2D eigenvalue weighted by Crippen LogP contribution is -2.09. The molecule has 3 N–H and O–H groups in total. The van der Waals surface area contributed by atoms with Crippen molar-refractivity contribution in [1.82, 2.24) is 9.97 Å². The van der Waals surface area contributed by atoms with Crippen molar-refractivity contribution in [3.63, 3.8) is 0 Å². The Balaban J connectivity index is 2.54. The van der Waals surface area contributed by atoms with Crippen molar-refractivity contribution in [3.05, 3.63) is 24.0 Å². The first kappa shape index (κ1) is 9.02. The van der Waals surface area contributed by atoms with Crippen LogP contribution in [0.2, 0.25) is 0 Å². The van der Waals surface area contributed by atoms with Crippen molar-refractivity contribution in [1.29, 1.82) is 0 Å². The van der Waals surface area contributed by atoms with Gasteiger partial charge in [-0.1, -0.05) is 0 Å². The standard InChI is InChI=1S/C10H14N4/c1-14(2)10-4-7-3-8(5-11)13-9(7)6-12-10/h3-4,6,13H,5,11H2,1-2H3. The zero-order valence-electron chi connectivity index (χ0n) is 8.41. The number of aromatic amines is 1. The number of fused-ring (bicyclic) bond motifs is 1. The van der Waals surface area contributed by atoms with Crippen LogP contribution in [0.4, 0.5) is 5.82 Å². The predicted octanol–water partition coefficient (Wildman–Crippen LogP) is 1.09. The first-order chi connectivity index (χ1) is 6.70. The Labute approximate surface area is 82.7 Å². The van der Waals surface area contributed by atoms with Crippen LogP contribution in [0.5, 0.6) is 0 Å². The van der Waals surface area contributed by atoms with Gasteiger partial charge in [0.1, 0.15) is 5.82 Å².